The van der Waals surface area contributed by atoms with Crippen LogP contribution in [-0.4, -0.2) is 18.0 Å². The van der Waals surface area contributed by atoms with Crippen molar-refractivity contribution in [2.45, 2.75) is 63.8 Å². The molecule has 0 radical (unpaired) electrons. The van der Waals surface area contributed by atoms with E-state index < -0.39 is 0 Å². The van der Waals surface area contributed by atoms with E-state index in [1.165, 1.54) is 32.1 Å². The van der Waals surface area contributed by atoms with Crippen LogP contribution >= 0.6 is 0 Å². The van der Waals surface area contributed by atoms with Gasteiger partial charge in [-0.25, -0.2) is 0 Å². The molecule has 0 saturated heterocycles. The number of carbonyl (C=O) groups is 1. The molecule has 0 aromatic heterocycles. The Hall–Kier alpha value is -0.570. The Morgan fingerprint density at radius 3 is 2.50 bits per heavy atom. The van der Waals surface area contributed by atoms with E-state index in [9.17, 15) is 4.79 Å². The molecule has 1 amide bonds. The fourth-order valence-electron chi connectivity index (χ4n) is 5.42. The minimum absolute atomic E-state index is 0.107. The van der Waals surface area contributed by atoms with Crippen molar-refractivity contribution in [1.29, 1.82) is 0 Å². The minimum atomic E-state index is 0.107. The highest BCUT2D eigenvalue weighted by Gasteiger charge is 2.57. The Kier molecular flexibility index (Phi) is 2.92. The lowest BCUT2D eigenvalue weighted by atomic mass is 9.47. The molecule has 4 aliphatic carbocycles. The van der Waals surface area contributed by atoms with Crippen molar-refractivity contribution in [2.24, 2.45) is 23.0 Å². The van der Waals surface area contributed by atoms with Crippen molar-refractivity contribution >= 4 is 5.91 Å². The number of carbonyl (C=O) groups excluding carboxylic acids is 1. The number of amides is 1. The van der Waals surface area contributed by atoms with Crippen LogP contribution in [0, 0.1) is 17.3 Å². The van der Waals surface area contributed by atoms with Crippen molar-refractivity contribution < 1.29 is 4.79 Å². The average molecular weight is 250 g/mol. The Morgan fingerprint density at radius 1 is 1.28 bits per heavy atom. The summed E-state index contributed by atoms with van der Waals surface area (Å²) in [7, 11) is 0. The van der Waals surface area contributed by atoms with Gasteiger partial charge in [0.15, 0.2) is 0 Å². The van der Waals surface area contributed by atoms with E-state index >= 15 is 0 Å². The van der Waals surface area contributed by atoms with Crippen LogP contribution in [0.2, 0.25) is 0 Å². The van der Waals surface area contributed by atoms with E-state index in [-0.39, 0.29) is 11.4 Å². The van der Waals surface area contributed by atoms with Crippen molar-refractivity contribution in [3.8, 4) is 0 Å². The third kappa shape index (κ3) is 1.97. The molecule has 0 heterocycles. The molecule has 4 saturated carbocycles. The molecule has 0 aromatic carbocycles. The Balaban J connectivity index is 1.78. The second-order valence-electron chi connectivity index (χ2n) is 7.24. The van der Waals surface area contributed by atoms with Gasteiger partial charge in [-0.1, -0.05) is 6.92 Å². The van der Waals surface area contributed by atoms with Gasteiger partial charge in [-0.2, -0.15) is 0 Å². The topological polar surface area (TPSA) is 55.1 Å². The lowest BCUT2D eigenvalue weighted by Gasteiger charge is -2.62. The van der Waals surface area contributed by atoms with Gasteiger partial charge in [-0.15, -0.1) is 0 Å². The Labute approximate surface area is 110 Å². The molecule has 0 aliphatic heterocycles. The molecule has 4 fully saturated rings. The maximum absolute atomic E-state index is 12.0. The first-order valence-corrected chi connectivity index (χ1v) is 7.60. The monoisotopic (exact) mass is 250 g/mol. The lowest BCUT2D eigenvalue weighted by Crippen LogP contribution is -2.64. The summed E-state index contributed by atoms with van der Waals surface area (Å²) in [5.74, 6) is 1.89. The van der Waals surface area contributed by atoms with Crippen molar-refractivity contribution in [3.63, 3.8) is 0 Å². The predicted octanol–water partition coefficient (Wildman–Crippen LogP) is 2.20. The zero-order valence-corrected chi connectivity index (χ0v) is 11.5. The van der Waals surface area contributed by atoms with Gasteiger partial charge in [-0.3, -0.25) is 4.79 Å². The summed E-state index contributed by atoms with van der Waals surface area (Å²) in [5, 5.41) is 3.39. The highest BCUT2D eigenvalue weighted by molar-refractivity contribution is 5.76. The first-order valence-electron chi connectivity index (χ1n) is 7.60. The van der Waals surface area contributed by atoms with Crippen LogP contribution in [0.5, 0.6) is 0 Å². The smallest absolute Gasteiger partial charge is 0.220 e. The van der Waals surface area contributed by atoms with Gasteiger partial charge < -0.3 is 11.1 Å². The van der Waals surface area contributed by atoms with E-state index in [0.717, 1.165) is 31.2 Å². The summed E-state index contributed by atoms with van der Waals surface area (Å²) >= 11 is 0. The highest BCUT2D eigenvalue weighted by atomic mass is 16.1. The summed E-state index contributed by atoms with van der Waals surface area (Å²) in [6, 6.07) is 0. The molecule has 0 aromatic rings. The van der Waals surface area contributed by atoms with Gasteiger partial charge >= 0.3 is 0 Å². The second-order valence-corrected chi connectivity index (χ2v) is 7.24. The van der Waals surface area contributed by atoms with Gasteiger partial charge in [0.25, 0.3) is 0 Å². The number of hydrogen-bond donors (Lipinski definition) is 2. The minimum Gasteiger partial charge on any atom is -0.351 e. The maximum atomic E-state index is 12.0. The molecule has 18 heavy (non-hydrogen) atoms. The first-order chi connectivity index (χ1) is 8.59. The molecule has 3 N–H and O–H groups in total. The van der Waals surface area contributed by atoms with Crippen LogP contribution in [-0.2, 0) is 4.79 Å². The fourth-order valence-corrected chi connectivity index (χ4v) is 5.42. The lowest BCUT2D eigenvalue weighted by molar-refractivity contribution is -0.130. The third-order valence-electron chi connectivity index (χ3n) is 5.50. The second kappa shape index (κ2) is 4.22. The van der Waals surface area contributed by atoms with Crippen LogP contribution in [0.25, 0.3) is 0 Å². The van der Waals surface area contributed by atoms with Gasteiger partial charge in [0.1, 0.15) is 0 Å². The zero-order valence-electron chi connectivity index (χ0n) is 11.5. The predicted molar refractivity (Wildman–Crippen MR) is 72.0 cm³/mol. The molecular formula is C15H26N2O. The molecule has 0 spiro atoms. The van der Waals surface area contributed by atoms with Crippen LogP contribution < -0.4 is 11.1 Å². The molecular weight excluding hydrogens is 224 g/mol. The van der Waals surface area contributed by atoms with E-state index in [0.29, 0.717) is 11.8 Å². The van der Waals surface area contributed by atoms with Crippen LogP contribution in [0.4, 0.5) is 0 Å². The highest BCUT2D eigenvalue weighted by Crippen LogP contribution is 2.61. The summed E-state index contributed by atoms with van der Waals surface area (Å²) in [6.45, 7) is 2.88. The van der Waals surface area contributed by atoms with Crippen molar-refractivity contribution in [1.82, 2.24) is 5.32 Å². The normalized spacial score (nSPS) is 45.2. The fraction of sp³-hybridized carbons (Fsp3) is 0.933. The van der Waals surface area contributed by atoms with Gasteiger partial charge in [0, 0.05) is 12.0 Å². The van der Waals surface area contributed by atoms with Crippen molar-refractivity contribution in [3.05, 3.63) is 0 Å². The largest absolute Gasteiger partial charge is 0.351 e. The number of nitrogens with one attached hydrogen (secondary N) is 1. The molecule has 4 aliphatic rings. The number of nitrogens with two attached hydrogens (primary N) is 1. The molecule has 4 bridgehead atoms. The first kappa shape index (κ1) is 12.5. The molecule has 2 atom stereocenters. The number of hydrogen-bond acceptors (Lipinski definition) is 2. The quantitative estimate of drug-likeness (QED) is 0.803. The molecule has 3 nitrogen and oxygen atoms in total. The zero-order chi connectivity index (χ0) is 12.8. The SMILES string of the molecule is CCCC(=O)NC12CC3CC(CC(CN)(C3)C1)C2. The van der Waals surface area contributed by atoms with E-state index in [4.69, 9.17) is 5.73 Å². The molecule has 2 unspecified atom stereocenters. The summed E-state index contributed by atoms with van der Waals surface area (Å²) < 4.78 is 0. The maximum Gasteiger partial charge on any atom is 0.220 e. The summed E-state index contributed by atoms with van der Waals surface area (Å²) in [5.41, 5.74) is 6.52. The van der Waals surface area contributed by atoms with E-state index in [1.54, 1.807) is 0 Å². The van der Waals surface area contributed by atoms with Crippen LogP contribution in [0.1, 0.15) is 58.3 Å². The average Bonchev–Trinajstić information content (AvgIpc) is 2.26. The van der Waals surface area contributed by atoms with Crippen molar-refractivity contribution in [2.75, 3.05) is 6.54 Å². The Morgan fingerprint density at radius 2 is 1.94 bits per heavy atom. The third-order valence-corrected chi connectivity index (χ3v) is 5.50. The summed E-state index contributed by atoms with van der Waals surface area (Å²) in [6.07, 6.45) is 9.17. The van der Waals surface area contributed by atoms with Gasteiger partial charge in [-0.05, 0) is 68.7 Å². The number of rotatable bonds is 4. The van der Waals surface area contributed by atoms with E-state index in [1.807, 2.05) is 0 Å². The molecule has 4 rings (SSSR count). The van der Waals surface area contributed by atoms with Gasteiger partial charge in [0.05, 0.1) is 0 Å². The Bertz CT molecular complexity index is 338. The van der Waals surface area contributed by atoms with E-state index in [2.05, 4.69) is 12.2 Å². The molecule has 3 heteroatoms. The van der Waals surface area contributed by atoms with Gasteiger partial charge in [0.2, 0.25) is 5.91 Å². The molecule has 102 valence electrons. The summed E-state index contributed by atoms with van der Waals surface area (Å²) in [4.78, 5) is 12.0. The van der Waals surface area contributed by atoms with Crippen LogP contribution in [0.3, 0.4) is 0 Å². The standard InChI is InChI=1S/C15H26N2O/c1-2-3-13(18)17-15-7-11-4-12(8-15)6-14(5-11,9-15)10-16/h11-12H,2-10,16H2,1H3,(H,17,18). The van der Waals surface area contributed by atoms with Crippen LogP contribution in [0.15, 0.2) is 0 Å².